The molecular weight excluding hydrogens is 516 g/mol. The molecule has 202 valence electrons. The minimum absolute atomic E-state index is 0.204. The van der Waals surface area contributed by atoms with Crippen LogP contribution in [0, 0.1) is 0 Å². The van der Waals surface area contributed by atoms with E-state index in [2.05, 4.69) is 5.32 Å². The van der Waals surface area contributed by atoms with Gasteiger partial charge in [0.1, 0.15) is 5.54 Å². The number of fused-ring (bicyclic) bond motifs is 2. The molecule has 0 radical (unpaired) electrons. The van der Waals surface area contributed by atoms with E-state index >= 15 is 0 Å². The molecule has 6 heteroatoms. The lowest BCUT2D eigenvalue weighted by Gasteiger charge is -2.28. The summed E-state index contributed by atoms with van der Waals surface area (Å²) in [6, 6.07) is 35.6. The fraction of sp³-hybridized carbons (Fsp3) is 0.147. The van der Waals surface area contributed by atoms with Crippen molar-refractivity contribution in [2.24, 2.45) is 5.73 Å². The highest BCUT2D eigenvalue weighted by molar-refractivity contribution is 7.94. The summed E-state index contributed by atoms with van der Waals surface area (Å²) in [5, 5.41) is 7.93. The summed E-state index contributed by atoms with van der Waals surface area (Å²) in [5.41, 5.74) is 7.14. The van der Waals surface area contributed by atoms with Gasteiger partial charge in [-0.05, 0) is 64.6 Å². The number of hydrogen-bond acceptors (Lipinski definition) is 4. The lowest BCUT2D eigenvalue weighted by atomic mass is 9.87. The molecule has 0 aromatic heterocycles. The fourth-order valence-corrected chi connectivity index (χ4v) is 6.03. The van der Waals surface area contributed by atoms with Gasteiger partial charge in [0.05, 0.1) is 4.90 Å². The van der Waals surface area contributed by atoms with Gasteiger partial charge in [-0.2, -0.15) is 0 Å². The molecule has 40 heavy (non-hydrogen) atoms. The minimum atomic E-state index is -3.75. The maximum atomic E-state index is 13.7. The van der Waals surface area contributed by atoms with Crippen molar-refractivity contribution >= 4 is 37.3 Å². The van der Waals surface area contributed by atoms with Crippen molar-refractivity contribution in [2.45, 2.75) is 36.2 Å². The summed E-state index contributed by atoms with van der Waals surface area (Å²) in [5.74, 6) is -0.380. The van der Waals surface area contributed by atoms with Crippen LogP contribution < -0.4 is 11.1 Å². The molecule has 3 N–H and O–H groups in total. The predicted molar refractivity (Wildman–Crippen MR) is 162 cm³/mol. The van der Waals surface area contributed by atoms with Gasteiger partial charge in [-0.1, -0.05) is 109 Å². The van der Waals surface area contributed by atoms with Crippen LogP contribution in [0.15, 0.2) is 132 Å². The van der Waals surface area contributed by atoms with Crippen LogP contribution in [0.1, 0.15) is 24.5 Å². The number of benzene rings is 5. The van der Waals surface area contributed by atoms with Gasteiger partial charge in [-0.25, -0.2) is 8.42 Å². The number of nitrogens with two attached hydrogens (primary N) is 1. The normalized spacial score (nSPS) is 14.2. The summed E-state index contributed by atoms with van der Waals surface area (Å²) in [4.78, 5) is 13.9. The van der Waals surface area contributed by atoms with Gasteiger partial charge < -0.3 is 11.1 Å². The van der Waals surface area contributed by atoms with E-state index in [4.69, 9.17) is 5.73 Å². The van der Waals surface area contributed by atoms with Crippen molar-refractivity contribution in [1.82, 2.24) is 5.32 Å². The Morgan fingerprint density at radius 3 is 2.25 bits per heavy atom. The van der Waals surface area contributed by atoms with Crippen LogP contribution in [0.3, 0.4) is 0 Å². The maximum Gasteiger partial charge on any atom is 0.244 e. The molecule has 1 amide bonds. The first kappa shape index (κ1) is 27.3. The third-order valence-corrected chi connectivity index (χ3v) is 8.69. The van der Waals surface area contributed by atoms with Crippen molar-refractivity contribution < 1.29 is 13.2 Å². The Kier molecular flexibility index (Phi) is 7.83. The Balaban J connectivity index is 1.42. The summed E-state index contributed by atoms with van der Waals surface area (Å²) in [6.45, 7) is 1.69. The summed E-state index contributed by atoms with van der Waals surface area (Å²) < 4.78 is 26.6. The Labute approximate surface area is 235 Å². The van der Waals surface area contributed by atoms with Crippen LogP contribution in [-0.4, -0.2) is 20.4 Å². The average Bonchev–Trinajstić information content (AvgIpc) is 2.98. The molecule has 0 aliphatic rings. The van der Waals surface area contributed by atoms with Crippen LogP contribution in [0.4, 0.5) is 0 Å². The molecule has 0 spiro atoms. The standard InChI is InChI=1S/C34H32N2O3S/c1-34(35,32-17-9-15-27-13-7-8-16-31(27)32)33(37)36-29(20-18-25-10-3-2-4-11-25)22-23-40(38,39)30-21-19-26-12-5-6-14-28(26)24-30/h2-17,19,21-24,29H,18,20,35H2,1H3,(H,36,37)/b23-22+/t29-,34+/m0/s1. The molecule has 0 saturated heterocycles. The molecule has 5 aromatic carbocycles. The summed E-state index contributed by atoms with van der Waals surface area (Å²) >= 11 is 0. The second kappa shape index (κ2) is 11.5. The van der Waals surface area contributed by atoms with E-state index in [-0.39, 0.29) is 10.8 Å². The number of aryl methyl sites for hydroxylation is 1. The van der Waals surface area contributed by atoms with E-state index < -0.39 is 21.4 Å². The van der Waals surface area contributed by atoms with E-state index in [1.165, 1.54) is 5.41 Å². The molecular formula is C34H32N2O3S. The third-order valence-electron chi connectivity index (χ3n) is 7.26. The average molecular weight is 549 g/mol. The smallest absolute Gasteiger partial charge is 0.244 e. The second-order valence-corrected chi connectivity index (χ2v) is 12.0. The monoisotopic (exact) mass is 548 g/mol. The minimum Gasteiger partial charge on any atom is -0.348 e. The Hall–Kier alpha value is -4.26. The quantitative estimate of drug-likeness (QED) is 0.227. The molecule has 0 unspecified atom stereocenters. The number of sulfone groups is 1. The molecule has 0 aliphatic heterocycles. The van der Waals surface area contributed by atoms with Gasteiger partial charge in [0.2, 0.25) is 5.91 Å². The first-order chi connectivity index (χ1) is 19.2. The first-order valence-electron chi connectivity index (χ1n) is 13.3. The van der Waals surface area contributed by atoms with Crippen molar-refractivity contribution in [3.05, 3.63) is 138 Å². The molecule has 0 fully saturated rings. The predicted octanol–water partition coefficient (Wildman–Crippen LogP) is 6.27. The van der Waals surface area contributed by atoms with Gasteiger partial charge in [-0.15, -0.1) is 0 Å². The number of rotatable bonds is 9. The molecule has 5 aromatic rings. The third kappa shape index (κ3) is 5.98. The molecule has 0 heterocycles. The zero-order valence-corrected chi connectivity index (χ0v) is 23.1. The van der Waals surface area contributed by atoms with Crippen LogP contribution in [0.5, 0.6) is 0 Å². The highest BCUT2D eigenvalue weighted by atomic mass is 32.2. The Morgan fingerprint density at radius 1 is 0.825 bits per heavy atom. The maximum absolute atomic E-state index is 13.7. The molecule has 0 saturated carbocycles. The number of amides is 1. The Morgan fingerprint density at radius 2 is 1.48 bits per heavy atom. The van der Waals surface area contributed by atoms with Crippen molar-refractivity contribution in [3.63, 3.8) is 0 Å². The lowest BCUT2D eigenvalue weighted by Crippen LogP contribution is -2.51. The lowest BCUT2D eigenvalue weighted by molar-refractivity contribution is -0.126. The van der Waals surface area contributed by atoms with E-state index in [1.807, 2.05) is 97.1 Å². The molecule has 2 atom stereocenters. The van der Waals surface area contributed by atoms with Crippen molar-refractivity contribution in [1.29, 1.82) is 0 Å². The second-order valence-electron chi connectivity index (χ2n) is 10.2. The van der Waals surface area contributed by atoms with Crippen LogP contribution in [0.2, 0.25) is 0 Å². The fourth-order valence-electron chi connectivity index (χ4n) is 4.92. The van der Waals surface area contributed by atoms with E-state index in [0.717, 1.165) is 27.1 Å². The highest BCUT2D eigenvalue weighted by Gasteiger charge is 2.33. The van der Waals surface area contributed by atoms with E-state index in [9.17, 15) is 13.2 Å². The van der Waals surface area contributed by atoms with E-state index in [1.54, 1.807) is 31.2 Å². The number of carbonyl (C=O) groups excluding carboxylic acids is 1. The zero-order valence-electron chi connectivity index (χ0n) is 22.3. The zero-order chi connectivity index (χ0) is 28.2. The number of hydrogen-bond donors (Lipinski definition) is 2. The highest BCUT2D eigenvalue weighted by Crippen LogP contribution is 2.28. The van der Waals surface area contributed by atoms with E-state index in [0.29, 0.717) is 18.4 Å². The molecule has 5 nitrogen and oxygen atoms in total. The molecule has 5 rings (SSSR count). The molecule has 0 aliphatic carbocycles. The summed E-state index contributed by atoms with van der Waals surface area (Å²) in [7, 11) is -3.75. The van der Waals surface area contributed by atoms with Crippen molar-refractivity contribution in [3.8, 4) is 0 Å². The molecule has 0 bridgehead atoms. The van der Waals surface area contributed by atoms with Gasteiger partial charge >= 0.3 is 0 Å². The van der Waals surface area contributed by atoms with Crippen LogP contribution in [-0.2, 0) is 26.6 Å². The van der Waals surface area contributed by atoms with Gasteiger partial charge in [0.25, 0.3) is 0 Å². The number of nitrogens with one attached hydrogen (secondary N) is 1. The van der Waals surface area contributed by atoms with Gasteiger partial charge in [0.15, 0.2) is 9.84 Å². The van der Waals surface area contributed by atoms with Crippen LogP contribution >= 0.6 is 0 Å². The summed E-state index contributed by atoms with van der Waals surface area (Å²) in [6.07, 6.45) is 2.72. The van der Waals surface area contributed by atoms with Gasteiger partial charge in [-0.3, -0.25) is 4.79 Å². The largest absolute Gasteiger partial charge is 0.348 e. The topological polar surface area (TPSA) is 89.3 Å². The van der Waals surface area contributed by atoms with Gasteiger partial charge in [0, 0.05) is 11.4 Å². The number of carbonyl (C=O) groups is 1. The van der Waals surface area contributed by atoms with Crippen molar-refractivity contribution in [2.75, 3.05) is 0 Å². The first-order valence-corrected chi connectivity index (χ1v) is 14.8. The van der Waals surface area contributed by atoms with Crippen LogP contribution in [0.25, 0.3) is 21.5 Å². The SMILES string of the molecule is C[C@](N)(C(=O)N[C@H](/C=C/S(=O)(=O)c1ccc2ccccc2c1)CCc1ccccc1)c1cccc2ccccc12. The Bertz CT molecular complexity index is 1790.